The van der Waals surface area contributed by atoms with Crippen LogP contribution in [0, 0.1) is 0 Å². The molecule has 0 atom stereocenters. The second-order valence-electron chi connectivity index (χ2n) is 5.77. The predicted octanol–water partition coefficient (Wildman–Crippen LogP) is 5.54. The molecule has 0 amide bonds. The minimum Gasteiger partial charge on any atom is -0.308 e. The highest BCUT2D eigenvalue weighted by Crippen LogP contribution is 2.31. The van der Waals surface area contributed by atoms with Crippen molar-refractivity contribution < 1.29 is 0 Å². The van der Waals surface area contributed by atoms with Gasteiger partial charge in [0.1, 0.15) is 5.03 Å². The third-order valence-electron chi connectivity index (χ3n) is 2.75. The summed E-state index contributed by atoms with van der Waals surface area (Å²) in [6.45, 7) is 7.24. The summed E-state index contributed by atoms with van der Waals surface area (Å²) in [4.78, 5) is 5.58. The highest BCUT2D eigenvalue weighted by atomic mass is 79.9. The summed E-state index contributed by atoms with van der Waals surface area (Å²) in [6.07, 6.45) is 1.81. The molecular weight excluding hydrogens is 368 g/mol. The van der Waals surface area contributed by atoms with E-state index in [2.05, 4.69) is 53.1 Å². The van der Waals surface area contributed by atoms with Crippen LogP contribution in [0.4, 0.5) is 0 Å². The molecule has 0 aliphatic carbocycles. The summed E-state index contributed by atoms with van der Waals surface area (Å²) >= 11 is 11.2. The molecular formula is C16H18BrClN2S. The minimum atomic E-state index is 0.0696. The third-order valence-corrected chi connectivity index (χ3v) is 4.52. The van der Waals surface area contributed by atoms with Crippen molar-refractivity contribution in [2.75, 3.05) is 0 Å². The molecule has 0 unspecified atom stereocenters. The molecule has 5 heteroatoms. The fourth-order valence-electron chi connectivity index (χ4n) is 1.68. The number of hydrogen-bond acceptors (Lipinski definition) is 3. The Bertz CT molecular complexity index is 609. The van der Waals surface area contributed by atoms with Crippen LogP contribution < -0.4 is 5.32 Å². The molecule has 0 bridgehead atoms. The van der Waals surface area contributed by atoms with Crippen LogP contribution in [0.15, 0.2) is 50.9 Å². The fourth-order valence-corrected chi connectivity index (χ4v) is 2.98. The number of aromatic nitrogens is 1. The zero-order valence-electron chi connectivity index (χ0n) is 12.3. The topological polar surface area (TPSA) is 24.9 Å². The Hall–Kier alpha value is -0.550. The van der Waals surface area contributed by atoms with Crippen molar-refractivity contribution >= 4 is 39.3 Å². The van der Waals surface area contributed by atoms with Crippen molar-refractivity contribution in [1.82, 2.24) is 10.3 Å². The molecule has 0 saturated heterocycles. The summed E-state index contributed by atoms with van der Waals surface area (Å²) in [5.74, 6) is 0. The van der Waals surface area contributed by atoms with E-state index < -0.39 is 0 Å². The Morgan fingerprint density at radius 2 is 2.00 bits per heavy atom. The molecule has 2 nitrogen and oxygen atoms in total. The zero-order valence-corrected chi connectivity index (χ0v) is 15.4. The summed E-state index contributed by atoms with van der Waals surface area (Å²) in [5.41, 5.74) is 1.26. The molecule has 2 rings (SSSR count). The number of pyridine rings is 1. The summed E-state index contributed by atoms with van der Waals surface area (Å²) < 4.78 is 0.984. The monoisotopic (exact) mass is 384 g/mol. The number of hydrogen-bond donors (Lipinski definition) is 1. The number of halogens is 2. The second-order valence-corrected chi connectivity index (χ2v) is 8.19. The van der Waals surface area contributed by atoms with E-state index >= 15 is 0 Å². The average molecular weight is 386 g/mol. The fraction of sp³-hybridized carbons (Fsp3) is 0.312. The molecule has 0 saturated carbocycles. The molecule has 1 N–H and O–H groups in total. The van der Waals surface area contributed by atoms with E-state index in [1.54, 1.807) is 11.8 Å². The molecule has 2 aromatic rings. The number of nitrogens with zero attached hydrogens (tertiary/aromatic N) is 1. The molecule has 1 aromatic carbocycles. The minimum absolute atomic E-state index is 0.0696. The van der Waals surface area contributed by atoms with E-state index in [4.69, 9.17) is 11.6 Å². The van der Waals surface area contributed by atoms with Crippen LogP contribution in [0.25, 0.3) is 0 Å². The lowest BCUT2D eigenvalue weighted by molar-refractivity contribution is 0.422. The smallest absolute Gasteiger partial charge is 0.101 e. The van der Waals surface area contributed by atoms with Crippen molar-refractivity contribution in [2.24, 2.45) is 0 Å². The van der Waals surface area contributed by atoms with Crippen molar-refractivity contribution in [2.45, 2.75) is 42.8 Å². The van der Waals surface area contributed by atoms with Crippen molar-refractivity contribution in [3.8, 4) is 0 Å². The second kappa shape index (κ2) is 7.14. The van der Waals surface area contributed by atoms with Gasteiger partial charge in [0.25, 0.3) is 0 Å². The van der Waals surface area contributed by atoms with E-state index in [9.17, 15) is 0 Å². The lowest BCUT2D eigenvalue weighted by Gasteiger charge is -2.21. The number of benzene rings is 1. The standard InChI is InChI=1S/C16H18BrClN2S/c1-16(2,3)20-9-11-8-13(18)5-6-14(11)21-15-7-4-12(17)10-19-15/h4-8,10,20H,9H2,1-3H3. The molecule has 1 heterocycles. The van der Waals surface area contributed by atoms with E-state index in [0.29, 0.717) is 0 Å². The maximum Gasteiger partial charge on any atom is 0.101 e. The van der Waals surface area contributed by atoms with Gasteiger partial charge in [0, 0.05) is 32.7 Å². The van der Waals surface area contributed by atoms with Gasteiger partial charge in [-0.2, -0.15) is 0 Å². The van der Waals surface area contributed by atoms with E-state index in [0.717, 1.165) is 21.1 Å². The Balaban J connectivity index is 2.20. The van der Waals surface area contributed by atoms with Gasteiger partial charge in [0.2, 0.25) is 0 Å². The first kappa shape index (κ1) is 16.8. The van der Waals surface area contributed by atoms with E-state index in [1.807, 2.05) is 30.5 Å². The van der Waals surface area contributed by atoms with E-state index in [-0.39, 0.29) is 5.54 Å². The van der Waals surface area contributed by atoms with Crippen LogP contribution in [0.1, 0.15) is 26.3 Å². The molecule has 0 fully saturated rings. The van der Waals surface area contributed by atoms with Gasteiger partial charge in [0.05, 0.1) is 0 Å². The molecule has 1 aromatic heterocycles. The molecule has 0 spiro atoms. The van der Waals surface area contributed by atoms with Gasteiger partial charge in [-0.25, -0.2) is 4.98 Å². The quantitative estimate of drug-likeness (QED) is 0.748. The summed E-state index contributed by atoms with van der Waals surface area (Å²) in [5, 5.41) is 5.23. The molecule has 21 heavy (non-hydrogen) atoms. The molecule has 0 radical (unpaired) electrons. The summed E-state index contributed by atoms with van der Waals surface area (Å²) in [7, 11) is 0. The van der Waals surface area contributed by atoms with Crippen LogP contribution >= 0.6 is 39.3 Å². The first-order valence-electron chi connectivity index (χ1n) is 6.66. The average Bonchev–Trinajstić information content (AvgIpc) is 2.40. The lowest BCUT2D eigenvalue weighted by Crippen LogP contribution is -2.35. The largest absolute Gasteiger partial charge is 0.308 e. The maximum absolute atomic E-state index is 6.13. The first-order chi connectivity index (χ1) is 9.83. The Labute approximate surface area is 143 Å². The normalized spacial score (nSPS) is 11.7. The van der Waals surface area contributed by atoms with Crippen LogP contribution in [-0.2, 0) is 6.54 Å². The third kappa shape index (κ3) is 5.62. The van der Waals surface area contributed by atoms with Gasteiger partial charge in [-0.1, -0.05) is 23.4 Å². The van der Waals surface area contributed by atoms with Crippen LogP contribution in [0.3, 0.4) is 0 Å². The highest BCUT2D eigenvalue weighted by molar-refractivity contribution is 9.10. The highest BCUT2D eigenvalue weighted by Gasteiger charge is 2.12. The lowest BCUT2D eigenvalue weighted by atomic mass is 10.1. The predicted molar refractivity (Wildman–Crippen MR) is 94.1 cm³/mol. The van der Waals surface area contributed by atoms with Crippen molar-refractivity contribution in [3.05, 3.63) is 51.6 Å². The van der Waals surface area contributed by atoms with Gasteiger partial charge in [0.15, 0.2) is 0 Å². The maximum atomic E-state index is 6.13. The van der Waals surface area contributed by atoms with Crippen molar-refractivity contribution in [1.29, 1.82) is 0 Å². The van der Waals surface area contributed by atoms with Crippen molar-refractivity contribution in [3.63, 3.8) is 0 Å². The van der Waals surface area contributed by atoms with Crippen LogP contribution in [0.2, 0.25) is 5.02 Å². The van der Waals surface area contributed by atoms with Gasteiger partial charge < -0.3 is 5.32 Å². The van der Waals surface area contributed by atoms with E-state index in [1.165, 1.54) is 10.5 Å². The summed E-state index contributed by atoms with van der Waals surface area (Å²) in [6, 6.07) is 9.99. The van der Waals surface area contributed by atoms with Gasteiger partial charge in [-0.15, -0.1) is 0 Å². The van der Waals surface area contributed by atoms with Crippen LogP contribution in [0.5, 0.6) is 0 Å². The Morgan fingerprint density at radius 1 is 1.24 bits per heavy atom. The number of rotatable bonds is 4. The van der Waals surface area contributed by atoms with Gasteiger partial charge in [-0.3, -0.25) is 0 Å². The molecule has 0 aliphatic rings. The van der Waals surface area contributed by atoms with Gasteiger partial charge >= 0.3 is 0 Å². The Kier molecular flexibility index (Phi) is 5.72. The SMILES string of the molecule is CC(C)(C)NCc1cc(Cl)ccc1Sc1ccc(Br)cn1. The molecule has 0 aliphatic heterocycles. The van der Waals surface area contributed by atoms with Crippen LogP contribution in [-0.4, -0.2) is 10.5 Å². The zero-order chi connectivity index (χ0) is 15.5. The van der Waals surface area contributed by atoms with Gasteiger partial charge in [-0.05, 0) is 72.6 Å². The first-order valence-corrected chi connectivity index (χ1v) is 8.65. The Morgan fingerprint density at radius 3 is 2.62 bits per heavy atom. The molecule has 112 valence electrons. The number of nitrogens with one attached hydrogen (secondary N) is 1.